The van der Waals surface area contributed by atoms with Gasteiger partial charge in [0.2, 0.25) is 0 Å². The molecule has 0 unspecified atom stereocenters. The molecule has 0 aromatic heterocycles. The van der Waals surface area contributed by atoms with Crippen LogP contribution in [0.15, 0.2) is 12.1 Å². The first-order valence-electron chi connectivity index (χ1n) is 3.70. The van der Waals surface area contributed by atoms with Gasteiger partial charge in [-0.15, -0.1) is 0 Å². The Hall–Kier alpha value is -1.45. The minimum Gasteiger partial charge on any atom is -0.493 e. The van der Waals surface area contributed by atoms with E-state index in [9.17, 15) is 4.79 Å². The number of hydrogen-bond acceptors (Lipinski definition) is 3. The van der Waals surface area contributed by atoms with Crippen molar-refractivity contribution in [2.45, 2.75) is 0 Å². The molecule has 0 amide bonds. The second-order valence-corrected chi connectivity index (χ2v) is 2.42. The Morgan fingerprint density at radius 3 is 2.46 bits per heavy atom. The smallest absolute Gasteiger partial charge is 0.160 e. The predicted octanol–water partition coefficient (Wildman–Crippen LogP) is 0.310. The number of benzene rings is 1. The van der Waals surface area contributed by atoms with Gasteiger partial charge in [-0.3, -0.25) is 4.79 Å². The summed E-state index contributed by atoms with van der Waals surface area (Å²) >= 11 is 0. The van der Waals surface area contributed by atoms with Crippen LogP contribution in [0.5, 0.6) is 11.5 Å². The fraction of sp³-hybridized carbons (Fsp3) is 0.222. The van der Waals surface area contributed by atoms with Crippen LogP contribution < -0.4 is 14.9 Å². The molecule has 1 aromatic rings. The van der Waals surface area contributed by atoms with Gasteiger partial charge in [0.25, 0.3) is 0 Å². The zero-order valence-corrected chi connectivity index (χ0v) is 7.53. The highest BCUT2D eigenvalue weighted by Gasteiger charge is 2.09. The minimum atomic E-state index is 0.303. The van der Waals surface area contributed by atoms with Gasteiger partial charge in [0, 0.05) is 5.56 Å². The van der Waals surface area contributed by atoms with E-state index in [0.29, 0.717) is 28.8 Å². The molecule has 0 spiro atoms. The highest BCUT2D eigenvalue weighted by molar-refractivity contribution is 6.37. The topological polar surface area (TPSA) is 35.5 Å². The summed E-state index contributed by atoms with van der Waals surface area (Å²) < 4.78 is 10.00. The molecule has 4 heteroatoms. The summed E-state index contributed by atoms with van der Waals surface area (Å²) in [4.78, 5) is 10.5. The first-order valence-corrected chi connectivity index (χ1v) is 3.70. The summed E-state index contributed by atoms with van der Waals surface area (Å²) in [6, 6.07) is 3.22. The van der Waals surface area contributed by atoms with E-state index in [1.54, 1.807) is 12.1 Å². The maximum Gasteiger partial charge on any atom is 0.160 e. The number of rotatable bonds is 3. The third kappa shape index (κ3) is 1.66. The van der Waals surface area contributed by atoms with E-state index < -0.39 is 0 Å². The van der Waals surface area contributed by atoms with Crippen LogP contribution in [0.2, 0.25) is 0 Å². The molecule has 0 bridgehead atoms. The molecule has 2 radical (unpaired) electrons. The molecule has 1 rings (SSSR count). The lowest BCUT2D eigenvalue weighted by atomic mass is 9.89. The van der Waals surface area contributed by atoms with Crippen molar-refractivity contribution in [1.29, 1.82) is 0 Å². The van der Waals surface area contributed by atoms with Crippen LogP contribution in [0, 0.1) is 0 Å². The summed E-state index contributed by atoms with van der Waals surface area (Å²) in [7, 11) is 8.63. The number of carbonyl (C=O) groups excluding carboxylic acids is 1. The Bertz CT molecular complexity index is 323. The summed E-state index contributed by atoms with van der Waals surface area (Å²) in [6.07, 6.45) is 0.678. The molecule has 0 saturated carbocycles. The lowest BCUT2D eigenvalue weighted by Crippen LogP contribution is -2.14. The molecular weight excluding hydrogens is 167 g/mol. The molecule has 0 fully saturated rings. The SMILES string of the molecule is [B]c1c(C=O)ccc(OC)c1OC. The molecule has 1 aromatic carbocycles. The van der Waals surface area contributed by atoms with Crippen LogP contribution in [-0.4, -0.2) is 28.4 Å². The third-order valence-electron chi connectivity index (χ3n) is 1.74. The van der Waals surface area contributed by atoms with E-state index in [-0.39, 0.29) is 0 Å². The Balaban J connectivity index is 3.31. The van der Waals surface area contributed by atoms with Gasteiger partial charge in [0.1, 0.15) is 14.1 Å². The quantitative estimate of drug-likeness (QED) is 0.491. The van der Waals surface area contributed by atoms with E-state index in [1.165, 1.54) is 14.2 Å². The average Bonchev–Trinajstić information content (AvgIpc) is 2.17. The normalized spacial score (nSPS) is 9.38. The zero-order valence-electron chi connectivity index (χ0n) is 7.53. The zero-order chi connectivity index (χ0) is 9.84. The van der Waals surface area contributed by atoms with Crippen LogP contribution in [0.3, 0.4) is 0 Å². The molecule has 13 heavy (non-hydrogen) atoms. The van der Waals surface area contributed by atoms with Crippen molar-refractivity contribution in [2.75, 3.05) is 14.2 Å². The summed E-state index contributed by atoms with van der Waals surface area (Å²) in [5.41, 5.74) is 0.703. The van der Waals surface area contributed by atoms with Gasteiger partial charge in [-0.25, -0.2) is 0 Å². The van der Waals surface area contributed by atoms with Crippen molar-refractivity contribution < 1.29 is 14.3 Å². The van der Waals surface area contributed by atoms with E-state index in [2.05, 4.69) is 0 Å². The molecule has 66 valence electrons. The van der Waals surface area contributed by atoms with Gasteiger partial charge in [-0.2, -0.15) is 0 Å². The van der Waals surface area contributed by atoms with Crippen molar-refractivity contribution in [3.05, 3.63) is 17.7 Å². The van der Waals surface area contributed by atoms with Crippen LogP contribution >= 0.6 is 0 Å². The number of hydrogen-bond donors (Lipinski definition) is 0. The molecule has 0 aliphatic heterocycles. The number of ether oxygens (including phenoxy) is 2. The van der Waals surface area contributed by atoms with Crippen molar-refractivity contribution in [3.63, 3.8) is 0 Å². The van der Waals surface area contributed by atoms with Crippen molar-refractivity contribution in [2.24, 2.45) is 0 Å². The monoisotopic (exact) mass is 176 g/mol. The van der Waals surface area contributed by atoms with Gasteiger partial charge in [0.15, 0.2) is 11.5 Å². The lowest BCUT2D eigenvalue weighted by Gasteiger charge is -2.11. The standard InChI is InChI=1S/C9H9BO3/c1-12-7-4-3-6(5-11)8(10)9(7)13-2/h3-5H,1-2H3. The van der Waals surface area contributed by atoms with Gasteiger partial charge in [-0.1, -0.05) is 0 Å². The fourth-order valence-electron chi connectivity index (χ4n) is 1.07. The molecular formula is C9H9BO3. The van der Waals surface area contributed by atoms with Gasteiger partial charge in [0.05, 0.1) is 14.2 Å². The van der Waals surface area contributed by atoms with Crippen molar-refractivity contribution >= 4 is 19.6 Å². The molecule has 0 saturated heterocycles. The van der Waals surface area contributed by atoms with E-state index in [1.807, 2.05) is 0 Å². The fourth-order valence-corrected chi connectivity index (χ4v) is 1.07. The van der Waals surface area contributed by atoms with Gasteiger partial charge < -0.3 is 9.47 Å². The summed E-state index contributed by atoms with van der Waals surface area (Å²) in [5.74, 6) is 0.915. The van der Waals surface area contributed by atoms with Crippen LogP contribution in [0.25, 0.3) is 0 Å². The maximum absolute atomic E-state index is 10.5. The first-order chi connectivity index (χ1) is 6.24. The molecule has 3 nitrogen and oxygen atoms in total. The summed E-state index contributed by atoms with van der Waals surface area (Å²) in [6.45, 7) is 0. The Labute approximate surface area is 78.1 Å². The summed E-state index contributed by atoms with van der Waals surface area (Å²) in [5, 5.41) is 0. The van der Waals surface area contributed by atoms with Gasteiger partial charge in [-0.05, 0) is 17.6 Å². The first kappa shape index (κ1) is 9.64. The molecule has 0 aliphatic carbocycles. The maximum atomic E-state index is 10.5. The number of carbonyl (C=O) groups is 1. The minimum absolute atomic E-state index is 0.303. The lowest BCUT2D eigenvalue weighted by molar-refractivity contribution is 0.112. The molecule has 0 heterocycles. The van der Waals surface area contributed by atoms with E-state index >= 15 is 0 Å². The van der Waals surface area contributed by atoms with Crippen LogP contribution in [0.4, 0.5) is 0 Å². The highest BCUT2D eigenvalue weighted by atomic mass is 16.5. The largest absolute Gasteiger partial charge is 0.493 e. The Morgan fingerprint density at radius 1 is 1.31 bits per heavy atom. The Morgan fingerprint density at radius 2 is 2.00 bits per heavy atom. The second-order valence-electron chi connectivity index (χ2n) is 2.42. The van der Waals surface area contributed by atoms with Crippen molar-refractivity contribution in [3.8, 4) is 11.5 Å². The second kappa shape index (κ2) is 3.98. The molecule has 0 atom stereocenters. The van der Waals surface area contributed by atoms with Gasteiger partial charge >= 0.3 is 0 Å². The van der Waals surface area contributed by atoms with Crippen LogP contribution in [-0.2, 0) is 0 Å². The third-order valence-corrected chi connectivity index (χ3v) is 1.74. The highest BCUT2D eigenvalue weighted by Crippen LogP contribution is 2.24. The van der Waals surface area contributed by atoms with Crippen molar-refractivity contribution in [1.82, 2.24) is 0 Å². The number of aldehydes is 1. The van der Waals surface area contributed by atoms with E-state index in [4.69, 9.17) is 17.3 Å². The number of methoxy groups -OCH3 is 2. The predicted molar refractivity (Wildman–Crippen MR) is 50.3 cm³/mol. The van der Waals surface area contributed by atoms with Crippen LogP contribution in [0.1, 0.15) is 10.4 Å². The van der Waals surface area contributed by atoms with E-state index in [0.717, 1.165) is 0 Å². The molecule has 0 N–H and O–H groups in total. The Kier molecular flexibility index (Phi) is 2.95. The average molecular weight is 176 g/mol. The molecule has 0 aliphatic rings.